The second-order valence-corrected chi connectivity index (χ2v) is 8.59. The second kappa shape index (κ2) is 14.6. The van der Waals surface area contributed by atoms with Gasteiger partial charge in [0.1, 0.15) is 11.7 Å². The van der Waals surface area contributed by atoms with Crippen molar-refractivity contribution in [1.82, 2.24) is 20.0 Å². The summed E-state index contributed by atoms with van der Waals surface area (Å²) in [5.74, 6) is -1.19. The van der Waals surface area contributed by atoms with Crippen LogP contribution in [0, 0.1) is 5.82 Å². The lowest BCUT2D eigenvalue weighted by atomic mass is 9.96. The SMILES string of the molecule is CC.CCN(CC)CCN1CCN(C)C(=N/C(C(=O)NCc2ccc(F)cc2)=C(/O)C=O)C1(C)C. The van der Waals surface area contributed by atoms with E-state index in [0.717, 1.165) is 32.7 Å². The largest absolute Gasteiger partial charge is 0.503 e. The topological polar surface area (TPSA) is 88.5 Å². The van der Waals surface area contributed by atoms with E-state index in [4.69, 9.17) is 0 Å². The number of aliphatic imine (C=N–C) groups is 1. The normalized spacial score (nSPS) is 17.5. The van der Waals surface area contributed by atoms with Gasteiger partial charge in [0.05, 0.1) is 5.54 Å². The van der Waals surface area contributed by atoms with E-state index >= 15 is 0 Å². The van der Waals surface area contributed by atoms with E-state index < -0.39 is 17.2 Å². The molecule has 35 heavy (non-hydrogen) atoms. The number of piperazine rings is 1. The maximum atomic E-state index is 13.1. The molecule has 1 aromatic carbocycles. The van der Waals surface area contributed by atoms with Crippen LogP contribution in [0.25, 0.3) is 0 Å². The van der Waals surface area contributed by atoms with Crippen molar-refractivity contribution in [2.45, 2.75) is 53.6 Å². The third-order valence-corrected chi connectivity index (χ3v) is 6.14. The van der Waals surface area contributed by atoms with Crippen LogP contribution in [0.2, 0.25) is 0 Å². The van der Waals surface area contributed by atoms with Gasteiger partial charge in [0.25, 0.3) is 5.91 Å². The zero-order valence-corrected chi connectivity index (χ0v) is 22.3. The number of amidine groups is 1. The summed E-state index contributed by atoms with van der Waals surface area (Å²) in [6.07, 6.45) is 0.213. The fourth-order valence-electron chi connectivity index (χ4n) is 3.93. The lowest BCUT2D eigenvalue weighted by Crippen LogP contribution is -2.63. The van der Waals surface area contributed by atoms with E-state index in [0.29, 0.717) is 17.9 Å². The van der Waals surface area contributed by atoms with Gasteiger partial charge in [0.15, 0.2) is 17.7 Å². The quantitative estimate of drug-likeness (QED) is 0.297. The van der Waals surface area contributed by atoms with Crippen LogP contribution in [0.15, 0.2) is 40.7 Å². The Bertz CT molecular complexity index is 879. The van der Waals surface area contributed by atoms with E-state index in [1.54, 1.807) is 12.1 Å². The Hall–Kier alpha value is -2.78. The first kappa shape index (κ1) is 30.3. The van der Waals surface area contributed by atoms with Crippen molar-refractivity contribution in [3.05, 3.63) is 47.1 Å². The molecule has 0 aromatic heterocycles. The molecule has 9 heteroatoms. The van der Waals surface area contributed by atoms with Crippen molar-refractivity contribution >= 4 is 18.0 Å². The fraction of sp³-hybridized carbons (Fsp3) is 0.577. The average Bonchev–Trinajstić information content (AvgIpc) is 2.86. The number of carbonyl (C=O) groups excluding carboxylic acids is 2. The van der Waals surface area contributed by atoms with Crippen LogP contribution in [-0.4, -0.2) is 89.7 Å². The van der Waals surface area contributed by atoms with Gasteiger partial charge in [0.2, 0.25) is 0 Å². The molecular weight excluding hydrogens is 449 g/mol. The van der Waals surface area contributed by atoms with Crippen molar-refractivity contribution in [2.24, 2.45) is 4.99 Å². The summed E-state index contributed by atoms with van der Waals surface area (Å²) in [5, 5.41) is 12.8. The monoisotopic (exact) mass is 491 g/mol. The van der Waals surface area contributed by atoms with Crippen molar-refractivity contribution in [3.8, 4) is 0 Å². The maximum Gasteiger partial charge on any atom is 0.274 e. The van der Waals surface area contributed by atoms with E-state index in [-0.39, 0.29) is 24.3 Å². The zero-order valence-electron chi connectivity index (χ0n) is 22.3. The van der Waals surface area contributed by atoms with Crippen LogP contribution in [0.1, 0.15) is 47.1 Å². The van der Waals surface area contributed by atoms with Gasteiger partial charge >= 0.3 is 0 Å². The first-order valence-corrected chi connectivity index (χ1v) is 12.3. The Morgan fingerprint density at radius 2 is 1.80 bits per heavy atom. The lowest BCUT2D eigenvalue weighted by molar-refractivity contribution is -0.118. The first-order chi connectivity index (χ1) is 16.6. The number of allylic oxidation sites excluding steroid dienone is 1. The Labute approximate surface area is 209 Å². The van der Waals surface area contributed by atoms with Crippen LogP contribution in [0.5, 0.6) is 0 Å². The standard InChI is InChI=1S/C24H36FN5O3.C2H6/c1-6-29(7-2)13-15-30-14-12-28(5)23(24(30,3)4)27-21(20(32)17-31)22(33)26-16-18-8-10-19(25)11-9-18;1-2/h8-11,17,32H,6-7,12-16H2,1-5H3,(H,26,33);1-2H3/b21-20+,27-23?;. The van der Waals surface area contributed by atoms with Gasteiger partial charge < -0.3 is 20.2 Å². The smallest absolute Gasteiger partial charge is 0.274 e. The second-order valence-electron chi connectivity index (χ2n) is 8.59. The number of benzene rings is 1. The molecule has 1 aliphatic rings. The van der Waals surface area contributed by atoms with Gasteiger partial charge in [-0.2, -0.15) is 0 Å². The first-order valence-electron chi connectivity index (χ1n) is 12.3. The zero-order chi connectivity index (χ0) is 26.6. The highest BCUT2D eigenvalue weighted by molar-refractivity contribution is 6.02. The number of nitrogens with one attached hydrogen (secondary N) is 1. The number of likely N-dealkylation sites (N-methyl/N-ethyl adjacent to an activating group) is 2. The molecule has 0 aliphatic carbocycles. The molecule has 0 atom stereocenters. The van der Waals surface area contributed by atoms with Crippen molar-refractivity contribution in [2.75, 3.05) is 46.3 Å². The molecule has 0 unspecified atom stereocenters. The summed E-state index contributed by atoms with van der Waals surface area (Å²) in [5.41, 5.74) is -0.182. The molecule has 2 rings (SSSR count). The summed E-state index contributed by atoms with van der Waals surface area (Å²) in [6.45, 7) is 17.6. The molecule has 1 amide bonds. The Morgan fingerprint density at radius 1 is 1.20 bits per heavy atom. The van der Waals surface area contributed by atoms with Gasteiger partial charge in [-0.25, -0.2) is 9.38 Å². The van der Waals surface area contributed by atoms with Gasteiger partial charge in [0, 0.05) is 39.8 Å². The predicted octanol–water partition coefficient (Wildman–Crippen LogP) is 3.20. The Balaban J connectivity index is 0.00000298. The molecule has 1 aliphatic heterocycles. The summed E-state index contributed by atoms with van der Waals surface area (Å²) in [7, 11) is 1.88. The highest BCUT2D eigenvalue weighted by Gasteiger charge is 2.39. The van der Waals surface area contributed by atoms with Crippen LogP contribution < -0.4 is 5.32 Å². The molecule has 2 N–H and O–H groups in total. The minimum Gasteiger partial charge on any atom is -0.503 e. The molecule has 1 saturated heterocycles. The number of aldehydes is 1. The summed E-state index contributed by atoms with van der Waals surface area (Å²) < 4.78 is 13.1. The van der Waals surface area contributed by atoms with Crippen molar-refractivity contribution in [1.29, 1.82) is 0 Å². The number of aliphatic hydroxyl groups excluding tert-OH is 1. The van der Waals surface area contributed by atoms with Crippen molar-refractivity contribution < 1.29 is 19.1 Å². The number of hydrogen-bond acceptors (Lipinski definition) is 6. The number of halogens is 1. The molecule has 1 aromatic rings. The summed E-state index contributed by atoms with van der Waals surface area (Å²) >= 11 is 0. The minimum absolute atomic E-state index is 0.106. The number of rotatable bonds is 10. The number of carbonyl (C=O) groups is 2. The van der Waals surface area contributed by atoms with E-state index in [1.165, 1.54) is 12.1 Å². The molecule has 1 fully saturated rings. The third-order valence-electron chi connectivity index (χ3n) is 6.14. The Kier molecular flexibility index (Phi) is 12.6. The molecule has 0 bridgehead atoms. The molecule has 1 heterocycles. The molecule has 0 spiro atoms. The van der Waals surface area contributed by atoms with E-state index in [1.807, 2.05) is 39.6 Å². The lowest BCUT2D eigenvalue weighted by Gasteiger charge is -2.48. The number of hydrogen-bond donors (Lipinski definition) is 2. The summed E-state index contributed by atoms with van der Waals surface area (Å²) in [4.78, 5) is 35.3. The van der Waals surface area contributed by atoms with Gasteiger partial charge in [-0.1, -0.05) is 39.8 Å². The molecule has 0 saturated carbocycles. The van der Waals surface area contributed by atoms with Gasteiger partial charge in [-0.05, 0) is 44.6 Å². The Morgan fingerprint density at radius 3 is 2.34 bits per heavy atom. The summed E-state index contributed by atoms with van der Waals surface area (Å²) in [6, 6.07) is 5.70. The highest BCUT2D eigenvalue weighted by Crippen LogP contribution is 2.24. The predicted molar refractivity (Wildman–Crippen MR) is 139 cm³/mol. The number of amides is 1. The molecular formula is C26H42FN5O3. The number of nitrogens with zero attached hydrogens (tertiary/aromatic N) is 4. The van der Waals surface area contributed by atoms with E-state index in [9.17, 15) is 19.1 Å². The van der Waals surface area contributed by atoms with Crippen LogP contribution in [-0.2, 0) is 16.1 Å². The van der Waals surface area contributed by atoms with Crippen LogP contribution in [0.4, 0.5) is 4.39 Å². The van der Waals surface area contributed by atoms with Crippen LogP contribution >= 0.6 is 0 Å². The molecule has 8 nitrogen and oxygen atoms in total. The minimum atomic E-state index is -0.733. The van der Waals surface area contributed by atoms with Gasteiger partial charge in [-0.15, -0.1) is 0 Å². The fourth-order valence-corrected chi connectivity index (χ4v) is 3.93. The maximum absolute atomic E-state index is 13.1. The van der Waals surface area contributed by atoms with E-state index in [2.05, 4.69) is 34.0 Å². The molecule has 0 radical (unpaired) electrons. The van der Waals surface area contributed by atoms with Gasteiger partial charge in [-0.3, -0.25) is 14.5 Å². The van der Waals surface area contributed by atoms with Crippen LogP contribution in [0.3, 0.4) is 0 Å². The average molecular weight is 492 g/mol. The highest BCUT2D eigenvalue weighted by atomic mass is 19.1. The molecule has 196 valence electrons. The van der Waals surface area contributed by atoms with Crippen molar-refractivity contribution in [3.63, 3.8) is 0 Å². The third kappa shape index (κ3) is 8.43. The number of aliphatic hydroxyl groups is 1.